The first-order chi connectivity index (χ1) is 12.8. The average Bonchev–Trinajstić information content (AvgIpc) is 3.45. The highest BCUT2D eigenvalue weighted by Crippen LogP contribution is 2.05. The van der Waals surface area contributed by atoms with Gasteiger partial charge in [-0.25, -0.2) is 0 Å². The zero-order valence-electron chi connectivity index (χ0n) is 15.8. The highest BCUT2D eigenvalue weighted by molar-refractivity contribution is 4.63. The van der Waals surface area contributed by atoms with E-state index < -0.39 is 0 Å². The van der Waals surface area contributed by atoms with Crippen molar-refractivity contribution in [3.05, 3.63) is 0 Å². The van der Waals surface area contributed by atoms with Crippen LogP contribution < -0.4 is 5.73 Å². The lowest BCUT2D eigenvalue weighted by Gasteiger charge is -2.19. The average molecular weight is 377 g/mol. The molecule has 3 N–H and O–H groups in total. The number of aliphatic hydroxyl groups excluding tert-OH is 1. The minimum Gasteiger partial charge on any atom is -0.395 e. The van der Waals surface area contributed by atoms with E-state index >= 15 is 0 Å². The summed E-state index contributed by atoms with van der Waals surface area (Å²) in [6, 6.07) is 0. The lowest BCUT2D eigenvalue weighted by atomic mass is 10.6. The molecule has 10 nitrogen and oxygen atoms in total. The molecule has 4 aliphatic rings. The van der Waals surface area contributed by atoms with E-state index in [1.165, 1.54) is 0 Å². The highest BCUT2D eigenvalue weighted by Gasteiger charge is 2.19. The van der Waals surface area contributed by atoms with Crippen molar-refractivity contribution < 1.29 is 24.1 Å². The fraction of sp³-hybridized carbons (Fsp3) is 1.00. The molecule has 4 heterocycles. The molecule has 154 valence electrons. The summed E-state index contributed by atoms with van der Waals surface area (Å²) >= 11 is 0. The number of hydrogen-bond donors (Lipinski definition) is 2. The van der Waals surface area contributed by atoms with Crippen LogP contribution in [0.25, 0.3) is 0 Å². The molecular formula is C16H35N5O5. The van der Waals surface area contributed by atoms with Gasteiger partial charge in [0.1, 0.15) is 26.9 Å². The minimum atomic E-state index is 0.0972. The standard InChI is InChI=1S/2C7H14N2O2.C2H7NO/c2*1-3-10-6-8(1)5-9-2-4-11-7-9;3-1-2-4/h2*1-7H2;4H,1-3H2. The van der Waals surface area contributed by atoms with Crippen molar-refractivity contribution in [3.63, 3.8) is 0 Å². The van der Waals surface area contributed by atoms with Crippen LogP contribution in [0.5, 0.6) is 0 Å². The van der Waals surface area contributed by atoms with E-state index in [0.717, 1.165) is 92.9 Å². The molecule has 4 saturated heterocycles. The number of nitrogens with zero attached hydrogens (tertiary/aromatic N) is 4. The Morgan fingerprint density at radius 3 is 1.04 bits per heavy atom. The van der Waals surface area contributed by atoms with Gasteiger partial charge >= 0.3 is 0 Å². The predicted octanol–water partition coefficient (Wildman–Crippen LogP) is -2.02. The highest BCUT2D eigenvalue weighted by atomic mass is 16.5. The molecule has 0 aliphatic carbocycles. The molecule has 4 rings (SSSR count). The Bertz CT molecular complexity index is 271. The quantitative estimate of drug-likeness (QED) is 0.559. The molecular weight excluding hydrogens is 342 g/mol. The molecule has 0 radical (unpaired) electrons. The first-order valence-corrected chi connectivity index (χ1v) is 9.33. The molecule has 26 heavy (non-hydrogen) atoms. The third-order valence-corrected chi connectivity index (χ3v) is 4.23. The summed E-state index contributed by atoms with van der Waals surface area (Å²) < 4.78 is 20.9. The van der Waals surface area contributed by atoms with Crippen LogP contribution in [-0.2, 0) is 18.9 Å². The lowest BCUT2D eigenvalue weighted by Crippen LogP contribution is -2.34. The van der Waals surface area contributed by atoms with Gasteiger partial charge < -0.3 is 29.8 Å². The largest absolute Gasteiger partial charge is 0.395 e. The van der Waals surface area contributed by atoms with Crippen molar-refractivity contribution in [2.45, 2.75) is 0 Å². The second-order valence-corrected chi connectivity index (χ2v) is 6.52. The number of rotatable bonds is 5. The van der Waals surface area contributed by atoms with Crippen LogP contribution in [0.1, 0.15) is 0 Å². The number of ether oxygens (including phenoxy) is 4. The summed E-state index contributed by atoms with van der Waals surface area (Å²) in [6.45, 7) is 13.4. The zero-order chi connectivity index (χ0) is 18.5. The summed E-state index contributed by atoms with van der Waals surface area (Å²) in [6.07, 6.45) is 0. The van der Waals surface area contributed by atoms with Gasteiger partial charge in [0.25, 0.3) is 0 Å². The van der Waals surface area contributed by atoms with Crippen LogP contribution in [0.4, 0.5) is 0 Å². The molecule has 0 spiro atoms. The van der Waals surface area contributed by atoms with E-state index in [1.54, 1.807) is 0 Å². The third kappa shape index (κ3) is 9.00. The molecule has 0 unspecified atom stereocenters. The Hall–Kier alpha value is -0.400. The van der Waals surface area contributed by atoms with Gasteiger partial charge in [-0.15, -0.1) is 0 Å². The summed E-state index contributed by atoms with van der Waals surface area (Å²) in [5.74, 6) is 0. The van der Waals surface area contributed by atoms with E-state index in [0.29, 0.717) is 6.54 Å². The van der Waals surface area contributed by atoms with Gasteiger partial charge in [0.15, 0.2) is 0 Å². The van der Waals surface area contributed by atoms with Crippen molar-refractivity contribution in [1.82, 2.24) is 19.6 Å². The van der Waals surface area contributed by atoms with Crippen LogP contribution in [0, 0.1) is 0 Å². The van der Waals surface area contributed by atoms with Crippen LogP contribution in [0.2, 0.25) is 0 Å². The van der Waals surface area contributed by atoms with Gasteiger partial charge in [0.2, 0.25) is 0 Å². The molecule has 4 aliphatic heterocycles. The predicted molar refractivity (Wildman–Crippen MR) is 96.0 cm³/mol. The maximum Gasteiger partial charge on any atom is 0.100 e. The molecule has 0 aromatic heterocycles. The Balaban J connectivity index is 0.000000156. The first-order valence-electron chi connectivity index (χ1n) is 9.33. The van der Waals surface area contributed by atoms with E-state index in [-0.39, 0.29) is 6.61 Å². The zero-order valence-corrected chi connectivity index (χ0v) is 15.8. The van der Waals surface area contributed by atoms with E-state index in [4.69, 9.17) is 29.8 Å². The van der Waals surface area contributed by atoms with Crippen LogP contribution in [0.15, 0.2) is 0 Å². The SMILES string of the molecule is C1CN(CN2CCOC2)CO1.C1CN(CN2CCOC2)CO1.NCCO. The van der Waals surface area contributed by atoms with Crippen molar-refractivity contribution in [2.75, 3.05) is 106 Å². The molecule has 0 aromatic rings. The third-order valence-electron chi connectivity index (χ3n) is 4.23. The van der Waals surface area contributed by atoms with Crippen molar-refractivity contribution in [3.8, 4) is 0 Å². The summed E-state index contributed by atoms with van der Waals surface area (Å²) in [7, 11) is 0. The van der Waals surface area contributed by atoms with Crippen molar-refractivity contribution >= 4 is 0 Å². The number of nitrogens with two attached hydrogens (primary N) is 1. The Kier molecular flexibility index (Phi) is 11.6. The molecule has 0 atom stereocenters. The normalized spacial score (nSPS) is 25.2. The van der Waals surface area contributed by atoms with Gasteiger partial charge in [-0.05, 0) is 0 Å². The summed E-state index contributed by atoms with van der Waals surface area (Å²) in [5.41, 5.74) is 4.78. The van der Waals surface area contributed by atoms with Crippen molar-refractivity contribution in [1.29, 1.82) is 0 Å². The fourth-order valence-electron chi connectivity index (χ4n) is 2.82. The second-order valence-electron chi connectivity index (χ2n) is 6.52. The maximum absolute atomic E-state index is 7.75. The lowest BCUT2D eigenvalue weighted by molar-refractivity contribution is 0.0723. The number of aliphatic hydroxyl groups is 1. The first kappa shape index (κ1) is 21.9. The monoisotopic (exact) mass is 377 g/mol. The molecule has 0 amide bonds. The Labute approximate surface area is 156 Å². The van der Waals surface area contributed by atoms with Crippen molar-refractivity contribution in [2.24, 2.45) is 5.73 Å². The van der Waals surface area contributed by atoms with E-state index in [1.807, 2.05) is 0 Å². The minimum absolute atomic E-state index is 0.0972. The van der Waals surface area contributed by atoms with Gasteiger partial charge in [-0.1, -0.05) is 0 Å². The summed E-state index contributed by atoms with van der Waals surface area (Å²) in [4.78, 5) is 9.15. The number of hydrogen-bond acceptors (Lipinski definition) is 10. The topological polar surface area (TPSA) is 96.1 Å². The molecule has 0 saturated carbocycles. The Morgan fingerprint density at radius 2 is 0.885 bits per heavy atom. The van der Waals surface area contributed by atoms with Crippen LogP contribution in [-0.4, -0.2) is 131 Å². The maximum atomic E-state index is 7.75. The van der Waals surface area contributed by atoms with Gasteiger partial charge in [0, 0.05) is 32.7 Å². The smallest absolute Gasteiger partial charge is 0.100 e. The molecule has 4 fully saturated rings. The second kappa shape index (κ2) is 13.7. The molecule has 0 aromatic carbocycles. The van der Waals surface area contributed by atoms with E-state index in [9.17, 15) is 0 Å². The van der Waals surface area contributed by atoms with E-state index in [2.05, 4.69) is 19.6 Å². The molecule has 0 bridgehead atoms. The Morgan fingerprint density at radius 1 is 0.615 bits per heavy atom. The van der Waals surface area contributed by atoms with Crippen LogP contribution >= 0.6 is 0 Å². The van der Waals surface area contributed by atoms with Gasteiger partial charge in [-0.3, -0.25) is 19.6 Å². The molecule has 10 heteroatoms. The van der Waals surface area contributed by atoms with Gasteiger partial charge in [-0.2, -0.15) is 0 Å². The van der Waals surface area contributed by atoms with Gasteiger partial charge in [0.05, 0.1) is 46.4 Å². The summed E-state index contributed by atoms with van der Waals surface area (Å²) in [5, 5.41) is 7.75. The fourth-order valence-corrected chi connectivity index (χ4v) is 2.82. The van der Waals surface area contributed by atoms with Crippen LogP contribution in [0.3, 0.4) is 0 Å².